The van der Waals surface area contributed by atoms with Crippen molar-refractivity contribution in [2.75, 3.05) is 4.31 Å². The lowest BCUT2D eigenvalue weighted by Gasteiger charge is -2.22. The van der Waals surface area contributed by atoms with E-state index in [1.54, 1.807) is 30.3 Å². The lowest BCUT2D eigenvalue weighted by molar-refractivity contribution is 0.508. The van der Waals surface area contributed by atoms with Crippen LogP contribution in [0.15, 0.2) is 70.3 Å². The Bertz CT molecular complexity index is 909. The molecule has 8 heteroatoms. The average molecular weight is 383 g/mol. The topological polar surface area (TPSA) is 63.4 Å². The maximum absolute atomic E-state index is 13.1. The van der Waals surface area contributed by atoms with Crippen LogP contribution < -0.4 is 4.31 Å². The number of halogens is 2. The Hall–Kier alpha value is -2.02. The van der Waals surface area contributed by atoms with E-state index in [4.69, 9.17) is 27.6 Å². The lowest BCUT2D eigenvalue weighted by atomic mass is 10.4. The third-order valence-corrected chi connectivity index (χ3v) is 5.37. The van der Waals surface area contributed by atoms with Gasteiger partial charge in [0.05, 0.1) is 17.7 Å². The third kappa shape index (κ3) is 3.56. The van der Waals surface area contributed by atoms with Gasteiger partial charge in [0.15, 0.2) is 0 Å². The molecular weight excluding hydrogens is 371 g/mol. The van der Waals surface area contributed by atoms with Crippen LogP contribution in [0.4, 0.5) is 5.82 Å². The summed E-state index contributed by atoms with van der Waals surface area (Å²) in [6, 6.07) is 12.6. The first kappa shape index (κ1) is 16.8. The van der Waals surface area contributed by atoms with E-state index >= 15 is 0 Å². The number of anilines is 1. The zero-order chi connectivity index (χ0) is 17.2. The Balaban J connectivity index is 2.09. The van der Waals surface area contributed by atoms with Crippen LogP contribution in [-0.4, -0.2) is 13.4 Å². The lowest BCUT2D eigenvalue weighted by Crippen LogP contribution is -2.31. The number of nitrogens with zero attached hydrogens (tertiary/aromatic N) is 2. The standard InChI is InChI=1S/C16H12Cl2N2O3S/c17-12-8-13(18)10-15(9-12)24(21,22)20(11-14-4-3-7-23-14)16-5-1-2-6-19-16/h1-10H,11H2. The van der Waals surface area contributed by atoms with Gasteiger partial charge < -0.3 is 4.42 Å². The summed E-state index contributed by atoms with van der Waals surface area (Å²) in [6.07, 6.45) is 3.00. The molecule has 3 rings (SSSR count). The van der Waals surface area contributed by atoms with E-state index in [-0.39, 0.29) is 27.3 Å². The van der Waals surface area contributed by atoms with Crippen LogP contribution >= 0.6 is 23.2 Å². The zero-order valence-electron chi connectivity index (χ0n) is 12.3. The summed E-state index contributed by atoms with van der Waals surface area (Å²) in [5.74, 6) is 0.752. The summed E-state index contributed by atoms with van der Waals surface area (Å²) in [4.78, 5) is 4.12. The van der Waals surface area contributed by atoms with Crippen LogP contribution in [0.5, 0.6) is 0 Å². The number of furan rings is 1. The fourth-order valence-corrected chi connectivity index (χ4v) is 4.25. The van der Waals surface area contributed by atoms with Gasteiger partial charge in [-0.2, -0.15) is 0 Å². The predicted octanol–water partition coefficient (Wildman–Crippen LogP) is 4.38. The molecule has 0 N–H and O–H groups in total. The number of sulfonamides is 1. The summed E-state index contributed by atoms with van der Waals surface area (Å²) >= 11 is 11.9. The molecule has 0 fully saturated rings. The summed E-state index contributed by atoms with van der Waals surface area (Å²) < 4.78 is 32.6. The summed E-state index contributed by atoms with van der Waals surface area (Å²) in [7, 11) is -3.93. The minimum atomic E-state index is -3.93. The van der Waals surface area contributed by atoms with E-state index in [0.717, 1.165) is 4.31 Å². The van der Waals surface area contributed by atoms with Crippen LogP contribution in [0.3, 0.4) is 0 Å². The Morgan fingerprint density at radius 2 is 1.79 bits per heavy atom. The Labute approximate surface area is 149 Å². The molecule has 2 heterocycles. The maximum Gasteiger partial charge on any atom is 0.266 e. The highest BCUT2D eigenvalue weighted by Gasteiger charge is 2.27. The van der Waals surface area contributed by atoms with Crippen molar-refractivity contribution in [1.82, 2.24) is 4.98 Å². The molecule has 0 atom stereocenters. The number of aromatic nitrogens is 1. The predicted molar refractivity (Wildman–Crippen MR) is 92.8 cm³/mol. The molecule has 0 aliphatic rings. The zero-order valence-corrected chi connectivity index (χ0v) is 14.6. The molecule has 124 valence electrons. The summed E-state index contributed by atoms with van der Waals surface area (Å²) in [5.41, 5.74) is 0. The molecule has 0 saturated heterocycles. The van der Waals surface area contributed by atoms with Crippen molar-refractivity contribution in [3.05, 3.63) is 76.8 Å². The second-order valence-electron chi connectivity index (χ2n) is 4.88. The van der Waals surface area contributed by atoms with Crippen molar-refractivity contribution in [2.24, 2.45) is 0 Å². The average Bonchev–Trinajstić information content (AvgIpc) is 3.05. The van der Waals surface area contributed by atoms with Crippen molar-refractivity contribution >= 4 is 39.0 Å². The number of hydrogen-bond donors (Lipinski definition) is 0. The highest BCUT2D eigenvalue weighted by Crippen LogP contribution is 2.28. The summed E-state index contributed by atoms with van der Waals surface area (Å²) in [6.45, 7) is -0.00349. The second kappa shape index (κ2) is 6.84. The minimum Gasteiger partial charge on any atom is -0.467 e. The Morgan fingerprint density at radius 1 is 1.04 bits per heavy atom. The highest BCUT2D eigenvalue weighted by atomic mass is 35.5. The van der Waals surface area contributed by atoms with E-state index in [2.05, 4.69) is 4.98 Å². The van der Waals surface area contributed by atoms with Crippen molar-refractivity contribution in [3.63, 3.8) is 0 Å². The van der Waals surface area contributed by atoms with E-state index in [1.165, 1.54) is 30.7 Å². The fourth-order valence-electron chi connectivity index (χ4n) is 2.14. The van der Waals surface area contributed by atoms with Gasteiger partial charge in [0.2, 0.25) is 0 Å². The van der Waals surface area contributed by atoms with Crippen LogP contribution in [0.25, 0.3) is 0 Å². The van der Waals surface area contributed by atoms with Crippen molar-refractivity contribution < 1.29 is 12.8 Å². The van der Waals surface area contributed by atoms with Gasteiger partial charge in [0, 0.05) is 16.2 Å². The van der Waals surface area contributed by atoms with Gasteiger partial charge in [-0.3, -0.25) is 0 Å². The molecule has 0 radical (unpaired) electrons. The molecule has 5 nitrogen and oxygen atoms in total. The van der Waals surface area contributed by atoms with E-state index < -0.39 is 10.0 Å². The molecule has 0 aliphatic heterocycles. The highest BCUT2D eigenvalue weighted by molar-refractivity contribution is 7.92. The molecule has 0 unspecified atom stereocenters. The van der Waals surface area contributed by atoms with E-state index in [9.17, 15) is 8.42 Å². The molecule has 0 amide bonds. The van der Waals surface area contributed by atoms with Gasteiger partial charge in [0.1, 0.15) is 11.6 Å². The molecule has 2 aromatic heterocycles. The second-order valence-corrected chi connectivity index (χ2v) is 7.62. The van der Waals surface area contributed by atoms with Crippen LogP contribution in [0.1, 0.15) is 5.76 Å². The number of pyridine rings is 1. The summed E-state index contributed by atoms with van der Waals surface area (Å²) in [5, 5.41) is 0.472. The normalized spacial score (nSPS) is 11.4. The molecule has 0 spiro atoms. The Morgan fingerprint density at radius 3 is 2.38 bits per heavy atom. The van der Waals surface area contributed by atoms with Gasteiger partial charge in [-0.1, -0.05) is 29.3 Å². The molecule has 0 saturated carbocycles. The van der Waals surface area contributed by atoms with E-state index in [1.807, 2.05) is 0 Å². The molecule has 24 heavy (non-hydrogen) atoms. The third-order valence-electron chi connectivity index (χ3n) is 3.21. The largest absolute Gasteiger partial charge is 0.467 e. The maximum atomic E-state index is 13.1. The molecule has 0 aliphatic carbocycles. The molecule has 3 aromatic rings. The smallest absolute Gasteiger partial charge is 0.266 e. The Kier molecular flexibility index (Phi) is 4.80. The number of rotatable bonds is 5. The van der Waals surface area contributed by atoms with Crippen molar-refractivity contribution in [3.8, 4) is 0 Å². The van der Waals surface area contributed by atoms with Gasteiger partial charge in [-0.05, 0) is 42.5 Å². The first-order valence-corrected chi connectivity index (χ1v) is 9.09. The first-order chi connectivity index (χ1) is 11.5. The molecular formula is C16H12Cl2N2O3S. The quantitative estimate of drug-likeness (QED) is 0.656. The first-order valence-electron chi connectivity index (χ1n) is 6.89. The van der Waals surface area contributed by atoms with Gasteiger partial charge in [-0.15, -0.1) is 0 Å². The van der Waals surface area contributed by atoms with Crippen LogP contribution in [-0.2, 0) is 16.6 Å². The fraction of sp³-hybridized carbons (Fsp3) is 0.0625. The van der Waals surface area contributed by atoms with E-state index in [0.29, 0.717) is 5.76 Å². The molecule has 1 aromatic carbocycles. The van der Waals surface area contributed by atoms with Crippen LogP contribution in [0, 0.1) is 0 Å². The molecule has 0 bridgehead atoms. The number of benzene rings is 1. The van der Waals surface area contributed by atoms with Crippen molar-refractivity contribution in [1.29, 1.82) is 0 Å². The SMILES string of the molecule is O=S(=O)(c1cc(Cl)cc(Cl)c1)N(Cc1ccco1)c1ccccn1. The van der Waals surface area contributed by atoms with Gasteiger partial charge in [-0.25, -0.2) is 17.7 Å². The van der Waals surface area contributed by atoms with Gasteiger partial charge in [0.25, 0.3) is 10.0 Å². The van der Waals surface area contributed by atoms with Gasteiger partial charge >= 0.3 is 0 Å². The minimum absolute atomic E-state index is 0.00349. The monoisotopic (exact) mass is 382 g/mol. The van der Waals surface area contributed by atoms with Crippen molar-refractivity contribution in [2.45, 2.75) is 11.4 Å². The van der Waals surface area contributed by atoms with Crippen LogP contribution in [0.2, 0.25) is 10.0 Å². The number of hydrogen-bond acceptors (Lipinski definition) is 4.